The monoisotopic (exact) mass is 440 g/mol. The van der Waals surface area contributed by atoms with Gasteiger partial charge in [-0.05, 0) is 42.8 Å². The lowest BCUT2D eigenvalue weighted by molar-refractivity contribution is -0.119. The molecule has 4 rings (SSSR count). The average molecular weight is 441 g/mol. The number of carbonyl (C=O) groups excluding carboxylic acids is 1. The third-order valence-corrected chi connectivity index (χ3v) is 4.90. The molecule has 0 aliphatic heterocycles. The smallest absolute Gasteiger partial charge is 0.227 e. The number of rotatable bonds is 7. The first kappa shape index (κ1) is 21.8. The Kier molecular flexibility index (Phi) is 6.22. The Bertz CT molecular complexity index is 1350. The first-order valence-electron chi connectivity index (χ1n) is 10.4. The van der Waals surface area contributed by atoms with E-state index in [-0.39, 0.29) is 11.9 Å². The molecule has 4 aromatic rings. The zero-order valence-electron chi connectivity index (χ0n) is 18.7. The first-order chi connectivity index (χ1) is 15.9. The van der Waals surface area contributed by atoms with Crippen molar-refractivity contribution in [1.29, 1.82) is 0 Å². The molecule has 1 atom stereocenters. The molecule has 2 N–H and O–H groups in total. The summed E-state index contributed by atoms with van der Waals surface area (Å²) in [6.07, 6.45) is 10.9. The average Bonchev–Trinajstić information content (AvgIpc) is 3.23. The number of terminal acetylenes is 1. The molecule has 0 aliphatic carbocycles. The summed E-state index contributed by atoms with van der Waals surface area (Å²) in [5.41, 5.74) is 4.21. The van der Waals surface area contributed by atoms with E-state index in [4.69, 9.17) is 11.2 Å². The van der Waals surface area contributed by atoms with Gasteiger partial charge in [-0.1, -0.05) is 5.92 Å². The van der Waals surface area contributed by atoms with Gasteiger partial charge in [-0.15, -0.1) is 6.42 Å². The Balaban J connectivity index is 1.62. The van der Waals surface area contributed by atoms with Crippen LogP contribution in [0.2, 0.25) is 0 Å². The number of anilines is 2. The predicted octanol–water partition coefficient (Wildman–Crippen LogP) is 3.66. The summed E-state index contributed by atoms with van der Waals surface area (Å²) in [4.78, 5) is 20.3. The van der Waals surface area contributed by atoms with Crippen molar-refractivity contribution in [2.24, 2.45) is 7.05 Å². The van der Waals surface area contributed by atoms with Crippen LogP contribution in [0.4, 0.5) is 11.6 Å². The lowest BCUT2D eigenvalue weighted by atomic mass is 10.1. The van der Waals surface area contributed by atoms with Gasteiger partial charge in [0, 0.05) is 54.6 Å². The van der Waals surface area contributed by atoms with Crippen LogP contribution in [-0.4, -0.2) is 38.3 Å². The summed E-state index contributed by atoms with van der Waals surface area (Å²) in [7, 11) is 1.87. The molecule has 0 spiro atoms. The van der Waals surface area contributed by atoms with E-state index in [1.807, 2.05) is 56.6 Å². The van der Waals surface area contributed by atoms with Crippen LogP contribution in [0.15, 0.2) is 55.0 Å². The lowest BCUT2D eigenvalue weighted by Gasteiger charge is -2.16. The Hall–Kier alpha value is -4.38. The molecule has 0 aliphatic rings. The van der Waals surface area contributed by atoms with Crippen LogP contribution in [0, 0.1) is 12.3 Å². The summed E-state index contributed by atoms with van der Waals surface area (Å²) in [6, 6.07) is 11.3. The quantitative estimate of drug-likeness (QED) is 0.426. The minimum Gasteiger partial charge on any atom is -0.491 e. The maximum absolute atomic E-state index is 11.3. The number of hydrogen-bond acceptors (Lipinski definition) is 6. The minimum atomic E-state index is -0.127. The molecular weight excluding hydrogens is 416 g/mol. The van der Waals surface area contributed by atoms with Gasteiger partial charge in [0.1, 0.15) is 12.4 Å². The summed E-state index contributed by atoms with van der Waals surface area (Å²) in [6.45, 7) is 3.71. The highest BCUT2D eigenvalue weighted by molar-refractivity contribution is 5.81. The zero-order chi connectivity index (χ0) is 23.4. The van der Waals surface area contributed by atoms with Crippen LogP contribution in [0.25, 0.3) is 22.0 Å². The fourth-order valence-electron chi connectivity index (χ4n) is 3.41. The Morgan fingerprint density at radius 1 is 1.21 bits per heavy atom. The van der Waals surface area contributed by atoms with Crippen LogP contribution in [0.5, 0.6) is 5.75 Å². The summed E-state index contributed by atoms with van der Waals surface area (Å²) in [5.74, 6) is 3.63. The Morgan fingerprint density at radius 3 is 2.79 bits per heavy atom. The van der Waals surface area contributed by atoms with Gasteiger partial charge in [-0.3, -0.25) is 9.48 Å². The molecule has 2 heterocycles. The van der Waals surface area contributed by atoms with E-state index in [2.05, 4.69) is 31.6 Å². The van der Waals surface area contributed by atoms with Crippen LogP contribution in [0.3, 0.4) is 0 Å². The molecule has 166 valence electrons. The van der Waals surface area contributed by atoms with Crippen LogP contribution in [0.1, 0.15) is 19.4 Å². The van der Waals surface area contributed by atoms with Gasteiger partial charge in [-0.25, -0.2) is 9.97 Å². The molecular formula is C25H24N6O2. The van der Waals surface area contributed by atoms with Crippen molar-refractivity contribution < 1.29 is 9.53 Å². The van der Waals surface area contributed by atoms with Crippen LogP contribution in [-0.2, 0) is 11.8 Å². The number of fused-ring (bicyclic) bond motifs is 1. The molecule has 2 aromatic carbocycles. The number of aromatic nitrogens is 4. The molecule has 0 saturated carbocycles. The first-order valence-corrected chi connectivity index (χ1v) is 10.4. The SMILES string of the molecule is C#Cc1ccc2nc(Nc3cc(OCC(C)NC(C)=O)cc(-c4cnn(C)c4)c3)ncc2c1. The molecule has 0 fully saturated rings. The van der Waals surface area contributed by atoms with Crippen LogP contribution < -0.4 is 15.4 Å². The van der Waals surface area contributed by atoms with Crippen molar-refractivity contribution in [3.05, 3.63) is 60.6 Å². The number of ether oxygens (including phenoxy) is 1. The second-order valence-electron chi connectivity index (χ2n) is 7.80. The fraction of sp³-hybridized carbons (Fsp3) is 0.200. The third-order valence-electron chi connectivity index (χ3n) is 4.90. The number of nitrogens with zero attached hydrogens (tertiary/aromatic N) is 4. The molecule has 1 amide bonds. The largest absolute Gasteiger partial charge is 0.491 e. The summed E-state index contributed by atoms with van der Waals surface area (Å²) in [5, 5.41) is 11.2. The molecule has 1 unspecified atom stereocenters. The zero-order valence-corrected chi connectivity index (χ0v) is 18.7. The van der Waals surface area contributed by atoms with E-state index in [1.165, 1.54) is 6.92 Å². The highest BCUT2D eigenvalue weighted by Gasteiger charge is 2.10. The molecule has 33 heavy (non-hydrogen) atoms. The van der Waals surface area contributed by atoms with Crippen molar-refractivity contribution in [3.63, 3.8) is 0 Å². The minimum absolute atomic E-state index is 0.0969. The van der Waals surface area contributed by atoms with Gasteiger partial charge in [0.05, 0.1) is 17.8 Å². The maximum atomic E-state index is 11.3. The molecule has 8 nitrogen and oxygen atoms in total. The second-order valence-corrected chi connectivity index (χ2v) is 7.80. The normalized spacial score (nSPS) is 11.6. The van der Waals surface area contributed by atoms with Crippen molar-refractivity contribution in [2.45, 2.75) is 19.9 Å². The Morgan fingerprint density at radius 2 is 2.06 bits per heavy atom. The van der Waals surface area contributed by atoms with Crippen molar-refractivity contribution in [2.75, 3.05) is 11.9 Å². The maximum Gasteiger partial charge on any atom is 0.227 e. The number of carbonyl (C=O) groups is 1. The number of nitrogens with one attached hydrogen (secondary N) is 2. The number of benzene rings is 2. The second kappa shape index (κ2) is 9.40. The van der Waals surface area contributed by atoms with Gasteiger partial charge in [0.25, 0.3) is 0 Å². The predicted molar refractivity (Wildman–Crippen MR) is 128 cm³/mol. The fourth-order valence-corrected chi connectivity index (χ4v) is 3.41. The molecule has 0 radical (unpaired) electrons. The molecule has 0 saturated heterocycles. The molecule has 0 bridgehead atoms. The topological polar surface area (TPSA) is 94.0 Å². The molecule has 8 heteroatoms. The highest BCUT2D eigenvalue weighted by Crippen LogP contribution is 2.30. The standard InChI is InChI=1S/C25H24N6O2/c1-5-18-6-7-24-20(8-18)12-26-25(30-24)29-22-9-19(21-13-27-31(4)14-21)10-23(11-22)33-15-16(2)28-17(3)32/h1,6-14,16H,15H2,2-4H3,(H,28,32)(H,26,29,30). The van der Waals surface area contributed by atoms with Gasteiger partial charge in [0.2, 0.25) is 11.9 Å². The van der Waals surface area contributed by atoms with Gasteiger partial charge in [-0.2, -0.15) is 5.10 Å². The van der Waals surface area contributed by atoms with E-state index in [0.29, 0.717) is 18.3 Å². The number of amides is 1. The van der Waals surface area contributed by atoms with E-state index >= 15 is 0 Å². The van der Waals surface area contributed by atoms with Gasteiger partial charge < -0.3 is 15.4 Å². The molecule has 2 aromatic heterocycles. The van der Waals surface area contributed by atoms with Crippen molar-refractivity contribution in [1.82, 2.24) is 25.1 Å². The summed E-state index contributed by atoms with van der Waals surface area (Å²) < 4.78 is 7.71. The van der Waals surface area contributed by atoms with E-state index in [1.54, 1.807) is 17.1 Å². The highest BCUT2D eigenvalue weighted by atomic mass is 16.5. The Labute approximate surface area is 192 Å². The van der Waals surface area contributed by atoms with Crippen LogP contribution >= 0.6 is 0 Å². The number of hydrogen-bond donors (Lipinski definition) is 2. The van der Waals surface area contributed by atoms with Gasteiger partial charge in [0.15, 0.2) is 0 Å². The van der Waals surface area contributed by atoms with Crippen molar-refractivity contribution in [3.8, 4) is 29.2 Å². The van der Waals surface area contributed by atoms with E-state index < -0.39 is 0 Å². The summed E-state index contributed by atoms with van der Waals surface area (Å²) >= 11 is 0. The van der Waals surface area contributed by atoms with Crippen molar-refractivity contribution >= 4 is 28.4 Å². The van der Waals surface area contributed by atoms with E-state index in [0.717, 1.165) is 33.3 Å². The number of aryl methyl sites for hydroxylation is 1. The van der Waals surface area contributed by atoms with Gasteiger partial charge >= 0.3 is 0 Å². The lowest BCUT2D eigenvalue weighted by Crippen LogP contribution is -2.35. The third kappa shape index (κ3) is 5.46. The van der Waals surface area contributed by atoms with E-state index in [9.17, 15) is 4.79 Å².